The van der Waals surface area contributed by atoms with Gasteiger partial charge in [-0.2, -0.15) is 0 Å². The number of carbonyl (C=O) groups is 1. The van der Waals surface area contributed by atoms with Gasteiger partial charge in [-0.05, 0) is 42.5 Å². The molecule has 88 valence electrons. The average Bonchev–Trinajstić information content (AvgIpc) is 2.14. The van der Waals surface area contributed by atoms with Crippen molar-refractivity contribution < 1.29 is 14.3 Å². The van der Waals surface area contributed by atoms with Crippen LogP contribution in [0.15, 0.2) is 10.5 Å². The summed E-state index contributed by atoms with van der Waals surface area (Å²) < 4.78 is 14.2. The molecule has 1 unspecified atom stereocenters. The van der Waals surface area contributed by atoms with E-state index < -0.39 is 5.97 Å². The molecule has 1 aromatic rings. The van der Waals surface area contributed by atoms with Crippen molar-refractivity contribution in [3.05, 3.63) is 33.0 Å². The van der Waals surface area contributed by atoms with Gasteiger partial charge in [0.1, 0.15) is 5.82 Å². The fourth-order valence-electron chi connectivity index (χ4n) is 1.97. The highest BCUT2D eigenvalue weighted by molar-refractivity contribution is 9.10. The summed E-state index contributed by atoms with van der Waals surface area (Å²) in [5, 5.41) is 8.76. The van der Waals surface area contributed by atoms with Crippen LogP contribution < -0.4 is 0 Å². The van der Waals surface area contributed by atoms with Crippen LogP contribution >= 0.6 is 15.9 Å². The molecule has 1 aromatic carbocycles. The van der Waals surface area contributed by atoms with Crippen LogP contribution in [0.2, 0.25) is 0 Å². The smallest absolute Gasteiger partial charge is 0.303 e. The number of carboxylic acid groups (broad SMARTS) is 1. The lowest BCUT2D eigenvalue weighted by molar-refractivity contribution is -0.137. The van der Waals surface area contributed by atoms with Crippen molar-refractivity contribution in [1.29, 1.82) is 0 Å². The summed E-state index contributed by atoms with van der Waals surface area (Å²) in [4.78, 5) is 10.7. The Morgan fingerprint density at radius 1 is 1.50 bits per heavy atom. The maximum Gasteiger partial charge on any atom is 0.303 e. The standard InChI is InChI=1S/C12H14BrFO2/c1-6(4-11(15)16)12-7(2)9(13)5-10(14)8(12)3/h5-6H,4H2,1-3H3,(H,15,16). The van der Waals surface area contributed by atoms with Gasteiger partial charge < -0.3 is 5.11 Å². The molecule has 0 aromatic heterocycles. The maximum absolute atomic E-state index is 13.5. The van der Waals surface area contributed by atoms with Crippen LogP contribution in [0, 0.1) is 19.7 Å². The summed E-state index contributed by atoms with van der Waals surface area (Å²) in [5.74, 6) is -1.36. The molecule has 2 nitrogen and oxygen atoms in total. The van der Waals surface area contributed by atoms with Gasteiger partial charge in [-0.25, -0.2) is 4.39 Å². The van der Waals surface area contributed by atoms with Gasteiger partial charge >= 0.3 is 5.97 Å². The highest BCUT2D eigenvalue weighted by Gasteiger charge is 2.18. The van der Waals surface area contributed by atoms with Gasteiger partial charge in [-0.1, -0.05) is 22.9 Å². The molecule has 1 atom stereocenters. The van der Waals surface area contributed by atoms with Crippen LogP contribution in [-0.2, 0) is 4.79 Å². The number of hydrogen-bond donors (Lipinski definition) is 1. The number of aliphatic carboxylic acids is 1. The highest BCUT2D eigenvalue weighted by Crippen LogP contribution is 2.32. The summed E-state index contributed by atoms with van der Waals surface area (Å²) in [6.07, 6.45) is 0.0115. The third kappa shape index (κ3) is 2.61. The first-order valence-corrected chi connectivity index (χ1v) is 5.80. The van der Waals surface area contributed by atoms with E-state index in [-0.39, 0.29) is 18.2 Å². The molecule has 1 N–H and O–H groups in total. The minimum absolute atomic E-state index is 0.0115. The van der Waals surface area contributed by atoms with E-state index in [1.165, 1.54) is 6.07 Å². The van der Waals surface area contributed by atoms with Crippen LogP contribution in [0.3, 0.4) is 0 Å². The fraction of sp³-hybridized carbons (Fsp3) is 0.417. The summed E-state index contributed by atoms with van der Waals surface area (Å²) >= 11 is 3.28. The molecule has 0 aliphatic rings. The Labute approximate surface area is 103 Å². The Balaban J connectivity index is 3.26. The molecular formula is C12H14BrFO2. The van der Waals surface area contributed by atoms with Crippen molar-refractivity contribution >= 4 is 21.9 Å². The second-order valence-electron chi connectivity index (χ2n) is 4.00. The molecule has 0 radical (unpaired) electrons. The second-order valence-corrected chi connectivity index (χ2v) is 4.86. The van der Waals surface area contributed by atoms with E-state index in [9.17, 15) is 9.18 Å². The molecule has 16 heavy (non-hydrogen) atoms. The van der Waals surface area contributed by atoms with Crippen LogP contribution in [0.1, 0.15) is 36.0 Å². The van der Waals surface area contributed by atoms with Crippen molar-refractivity contribution in [2.24, 2.45) is 0 Å². The molecule has 0 saturated carbocycles. The molecule has 0 aliphatic heterocycles. The van der Waals surface area contributed by atoms with Crippen molar-refractivity contribution in [1.82, 2.24) is 0 Å². The number of benzene rings is 1. The zero-order valence-electron chi connectivity index (χ0n) is 9.47. The molecule has 0 fully saturated rings. The van der Waals surface area contributed by atoms with Gasteiger partial charge in [-0.15, -0.1) is 0 Å². The van der Waals surface area contributed by atoms with E-state index in [1.807, 2.05) is 6.92 Å². The first-order chi connectivity index (χ1) is 7.34. The fourth-order valence-corrected chi connectivity index (χ4v) is 2.38. The summed E-state index contributed by atoms with van der Waals surface area (Å²) in [7, 11) is 0. The van der Waals surface area contributed by atoms with E-state index in [0.717, 1.165) is 11.1 Å². The van der Waals surface area contributed by atoms with Crippen molar-refractivity contribution in [2.45, 2.75) is 33.1 Å². The predicted octanol–water partition coefficient (Wildman–Crippen LogP) is 3.78. The minimum atomic E-state index is -0.869. The van der Waals surface area contributed by atoms with E-state index >= 15 is 0 Å². The Morgan fingerprint density at radius 2 is 2.06 bits per heavy atom. The number of halogens is 2. The van der Waals surface area contributed by atoms with Gasteiger partial charge in [-0.3, -0.25) is 4.79 Å². The third-order valence-electron chi connectivity index (χ3n) is 2.75. The Hall–Kier alpha value is -0.900. The molecule has 0 heterocycles. The van der Waals surface area contributed by atoms with Crippen molar-refractivity contribution in [2.75, 3.05) is 0 Å². The molecule has 0 aliphatic carbocycles. The zero-order chi connectivity index (χ0) is 12.5. The highest BCUT2D eigenvalue weighted by atomic mass is 79.9. The molecule has 0 bridgehead atoms. The van der Waals surface area contributed by atoms with E-state index in [1.54, 1.807) is 13.8 Å². The SMILES string of the molecule is Cc1c(F)cc(Br)c(C)c1C(C)CC(=O)O. The lowest BCUT2D eigenvalue weighted by atomic mass is 9.89. The van der Waals surface area contributed by atoms with Crippen molar-refractivity contribution in [3.63, 3.8) is 0 Å². The van der Waals surface area contributed by atoms with Crippen molar-refractivity contribution in [3.8, 4) is 0 Å². The maximum atomic E-state index is 13.5. The molecule has 0 amide bonds. The zero-order valence-corrected chi connectivity index (χ0v) is 11.1. The molecule has 0 spiro atoms. The number of carboxylic acids is 1. The summed E-state index contributed by atoms with van der Waals surface area (Å²) in [5.41, 5.74) is 2.23. The molecule has 4 heteroatoms. The second kappa shape index (κ2) is 4.95. The van der Waals surface area contributed by atoms with Gasteiger partial charge in [0, 0.05) is 4.47 Å². The van der Waals surface area contributed by atoms with E-state index in [2.05, 4.69) is 15.9 Å². The first-order valence-electron chi connectivity index (χ1n) is 5.01. The van der Waals surface area contributed by atoms with E-state index in [4.69, 9.17) is 5.11 Å². The normalized spacial score (nSPS) is 12.6. The monoisotopic (exact) mass is 288 g/mol. The van der Waals surface area contributed by atoms with Crippen LogP contribution in [0.25, 0.3) is 0 Å². The van der Waals surface area contributed by atoms with Gasteiger partial charge in [0.15, 0.2) is 0 Å². The third-order valence-corrected chi connectivity index (χ3v) is 3.58. The van der Waals surface area contributed by atoms with Gasteiger partial charge in [0.05, 0.1) is 6.42 Å². The van der Waals surface area contributed by atoms with Crippen LogP contribution in [-0.4, -0.2) is 11.1 Å². The first kappa shape index (κ1) is 13.2. The molecule has 0 saturated heterocycles. The topological polar surface area (TPSA) is 37.3 Å². The number of rotatable bonds is 3. The van der Waals surface area contributed by atoms with Crippen LogP contribution in [0.5, 0.6) is 0 Å². The van der Waals surface area contributed by atoms with E-state index in [0.29, 0.717) is 10.0 Å². The Kier molecular flexibility index (Phi) is 4.08. The number of hydrogen-bond acceptors (Lipinski definition) is 1. The average molecular weight is 289 g/mol. The Bertz CT molecular complexity index is 403. The van der Waals surface area contributed by atoms with Gasteiger partial charge in [0.2, 0.25) is 0 Å². The lowest BCUT2D eigenvalue weighted by Gasteiger charge is -2.17. The summed E-state index contributed by atoms with van der Waals surface area (Å²) in [6.45, 7) is 5.35. The molecule has 1 rings (SSSR count). The Morgan fingerprint density at radius 3 is 2.56 bits per heavy atom. The lowest BCUT2D eigenvalue weighted by Crippen LogP contribution is -2.08. The predicted molar refractivity (Wildman–Crippen MR) is 64.2 cm³/mol. The summed E-state index contributed by atoms with van der Waals surface area (Å²) in [6, 6.07) is 1.42. The van der Waals surface area contributed by atoms with Crippen LogP contribution in [0.4, 0.5) is 4.39 Å². The quantitative estimate of drug-likeness (QED) is 0.919. The molecular weight excluding hydrogens is 275 g/mol. The van der Waals surface area contributed by atoms with Gasteiger partial charge in [0.25, 0.3) is 0 Å². The largest absolute Gasteiger partial charge is 0.481 e. The minimum Gasteiger partial charge on any atom is -0.481 e.